The molecule has 2 heterocycles. The lowest BCUT2D eigenvalue weighted by atomic mass is 9.87. The standard InChI is InChI=1S/C29H24F2N2O2/c30-21-13-11-20(12-14-21)18-33-19-26(24-8-2-4-10-28(24)33)25(23-7-1-3-9-27(23)31)16-29(34)32-17-22-6-5-15-35-22/h1-15,19,25H,16-18H2,(H,32,34)/t25-/m0/s1. The van der Waals surface area contributed by atoms with Crippen LogP contribution in [0.4, 0.5) is 8.78 Å². The lowest BCUT2D eigenvalue weighted by Crippen LogP contribution is -2.25. The van der Waals surface area contributed by atoms with Gasteiger partial charge in [-0.05, 0) is 53.1 Å². The van der Waals surface area contributed by atoms with Gasteiger partial charge in [-0.3, -0.25) is 4.79 Å². The topological polar surface area (TPSA) is 47.2 Å². The molecule has 5 rings (SSSR count). The van der Waals surface area contributed by atoms with Gasteiger partial charge in [-0.15, -0.1) is 0 Å². The van der Waals surface area contributed by atoms with Crippen molar-refractivity contribution < 1.29 is 18.0 Å². The average molecular weight is 471 g/mol. The molecule has 1 N–H and O–H groups in total. The number of benzene rings is 3. The summed E-state index contributed by atoms with van der Waals surface area (Å²) in [7, 11) is 0. The molecule has 0 radical (unpaired) electrons. The molecule has 1 amide bonds. The molecular formula is C29H24F2N2O2. The van der Waals surface area contributed by atoms with Crippen molar-refractivity contribution in [3.63, 3.8) is 0 Å². The molecule has 1 atom stereocenters. The molecule has 0 unspecified atom stereocenters. The molecule has 35 heavy (non-hydrogen) atoms. The summed E-state index contributed by atoms with van der Waals surface area (Å²) in [5.41, 5.74) is 3.23. The van der Waals surface area contributed by atoms with E-state index in [9.17, 15) is 13.6 Å². The van der Waals surface area contributed by atoms with Crippen molar-refractivity contribution in [1.29, 1.82) is 0 Å². The Labute approximate surface area is 201 Å². The number of aromatic nitrogens is 1. The summed E-state index contributed by atoms with van der Waals surface area (Å²) in [6, 6.07) is 24.4. The van der Waals surface area contributed by atoms with Crippen LogP contribution in [0.3, 0.4) is 0 Å². The van der Waals surface area contributed by atoms with Gasteiger partial charge in [0.15, 0.2) is 0 Å². The van der Waals surface area contributed by atoms with Crippen molar-refractivity contribution in [3.05, 3.63) is 131 Å². The molecule has 0 aliphatic heterocycles. The Morgan fingerprint density at radius 3 is 2.43 bits per heavy atom. The van der Waals surface area contributed by atoms with Crippen molar-refractivity contribution >= 4 is 16.8 Å². The Hall–Kier alpha value is -4.19. The number of hydrogen-bond donors (Lipinski definition) is 1. The Bertz CT molecular complexity index is 1440. The van der Waals surface area contributed by atoms with Crippen LogP contribution in [0.2, 0.25) is 0 Å². The maximum atomic E-state index is 15.0. The largest absolute Gasteiger partial charge is 0.467 e. The molecule has 2 aromatic heterocycles. The Morgan fingerprint density at radius 1 is 0.886 bits per heavy atom. The molecule has 0 saturated carbocycles. The van der Waals surface area contributed by atoms with E-state index in [0.717, 1.165) is 22.0 Å². The highest BCUT2D eigenvalue weighted by molar-refractivity contribution is 5.86. The first-order valence-corrected chi connectivity index (χ1v) is 11.4. The van der Waals surface area contributed by atoms with Crippen molar-refractivity contribution in [3.8, 4) is 0 Å². The minimum atomic E-state index is -0.493. The molecular weight excluding hydrogens is 446 g/mol. The molecule has 0 aliphatic rings. The number of amides is 1. The highest BCUT2D eigenvalue weighted by Crippen LogP contribution is 2.36. The molecule has 4 nitrogen and oxygen atoms in total. The summed E-state index contributed by atoms with van der Waals surface area (Å²) >= 11 is 0. The van der Waals surface area contributed by atoms with E-state index in [-0.39, 0.29) is 30.5 Å². The second-order valence-electron chi connectivity index (χ2n) is 8.49. The molecule has 0 aliphatic carbocycles. The van der Waals surface area contributed by atoms with Crippen LogP contribution >= 0.6 is 0 Å². The summed E-state index contributed by atoms with van der Waals surface area (Å²) in [6.07, 6.45) is 3.61. The van der Waals surface area contributed by atoms with E-state index < -0.39 is 5.92 Å². The molecule has 0 bridgehead atoms. The second-order valence-corrected chi connectivity index (χ2v) is 8.49. The summed E-state index contributed by atoms with van der Waals surface area (Å²) in [4.78, 5) is 13.0. The van der Waals surface area contributed by atoms with E-state index in [1.54, 1.807) is 48.7 Å². The van der Waals surface area contributed by atoms with Gasteiger partial charge in [-0.1, -0.05) is 48.5 Å². The predicted molar refractivity (Wildman–Crippen MR) is 131 cm³/mol. The van der Waals surface area contributed by atoms with Gasteiger partial charge in [0.1, 0.15) is 17.4 Å². The number of nitrogens with zero attached hydrogens (tertiary/aromatic N) is 1. The predicted octanol–water partition coefficient (Wildman–Crippen LogP) is 6.40. The van der Waals surface area contributed by atoms with E-state index >= 15 is 0 Å². The Kier molecular flexibility index (Phi) is 6.44. The third-order valence-corrected chi connectivity index (χ3v) is 6.17. The zero-order valence-corrected chi connectivity index (χ0v) is 19.0. The van der Waals surface area contributed by atoms with E-state index in [2.05, 4.69) is 9.88 Å². The second kappa shape index (κ2) is 9.97. The maximum Gasteiger partial charge on any atom is 0.221 e. The minimum Gasteiger partial charge on any atom is -0.467 e. The molecule has 6 heteroatoms. The van der Waals surface area contributed by atoms with Crippen LogP contribution in [-0.2, 0) is 17.9 Å². The van der Waals surface area contributed by atoms with Gasteiger partial charge in [-0.2, -0.15) is 0 Å². The molecule has 0 saturated heterocycles. The van der Waals surface area contributed by atoms with E-state index in [1.165, 1.54) is 18.2 Å². The van der Waals surface area contributed by atoms with Gasteiger partial charge in [0.25, 0.3) is 0 Å². The van der Waals surface area contributed by atoms with Crippen molar-refractivity contribution in [2.45, 2.75) is 25.4 Å². The fourth-order valence-electron chi connectivity index (χ4n) is 4.47. The van der Waals surface area contributed by atoms with Crippen LogP contribution < -0.4 is 5.32 Å². The first-order valence-electron chi connectivity index (χ1n) is 11.4. The summed E-state index contributed by atoms with van der Waals surface area (Å²) in [5, 5.41) is 3.82. The summed E-state index contributed by atoms with van der Waals surface area (Å²) < 4.78 is 35.8. The molecule has 3 aromatic carbocycles. The van der Waals surface area contributed by atoms with Crippen molar-refractivity contribution in [1.82, 2.24) is 9.88 Å². The Morgan fingerprint density at radius 2 is 1.66 bits per heavy atom. The van der Waals surface area contributed by atoms with E-state index in [1.807, 2.05) is 30.5 Å². The third-order valence-electron chi connectivity index (χ3n) is 6.17. The molecule has 5 aromatic rings. The van der Waals surface area contributed by atoms with Gasteiger partial charge >= 0.3 is 0 Å². The van der Waals surface area contributed by atoms with Crippen molar-refractivity contribution in [2.24, 2.45) is 0 Å². The smallest absolute Gasteiger partial charge is 0.221 e. The van der Waals surface area contributed by atoms with Crippen LogP contribution in [0.5, 0.6) is 0 Å². The number of nitrogens with one attached hydrogen (secondary N) is 1. The number of fused-ring (bicyclic) bond motifs is 1. The highest BCUT2D eigenvalue weighted by atomic mass is 19.1. The zero-order chi connectivity index (χ0) is 24.2. The first kappa shape index (κ1) is 22.6. The van der Waals surface area contributed by atoms with Gasteiger partial charge in [0, 0.05) is 36.0 Å². The summed E-state index contributed by atoms with van der Waals surface area (Å²) in [6.45, 7) is 0.789. The van der Waals surface area contributed by atoms with Gasteiger partial charge in [-0.25, -0.2) is 8.78 Å². The number of hydrogen-bond acceptors (Lipinski definition) is 2. The zero-order valence-electron chi connectivity index (χ0n) is 19.0. The third kappa shape index (κ3) is 5.01. The van der Waals surface area contributed by atoms with E-state index in [4.69, 9.17) is 4.42 Å². The van der Waals surface area contributed by atoms with Gasteiger partial charge < -0.3 is 14.3 Å². The lowest BCUT2D eigenvalue weighted by Gasteiger charge is -2.18. The molecule has 0 spiro atoms. The van der Waals surface area contributed by atoms with Gasteiger partial charge in [0.2, 0.25) is 5.91 Å². The van der Waals surface area contributed by atoms with Crippen LogP contribution in [-0.4, -0.2) is 10.5 Å². The fraction of sp³-hybridized carbons (Fsp3) is 0.138. The monoisotopic (exact) mass is 470 g/mol. The number of carbonyl (C=O) groups is 1. The molecule has 176 valence electrons. The Balaban J connectivity index is 1.52. The fourth-order valence-corrected chi connectivity index (χ4v) is 4.47. The van der Waals surface area contributed by atoms with Crippen LogP contribution in [0.15, 0.2) is 102 Å². The van der Waals surface area contributed by atoms with Crippen molar-refractivity contribution in [2.75, 3.05) is 0 Å². The highest BCUT2D eigenvalue weighted by Gasteiger charge is 2.25. The SMILES string of the molecule is O=C(C[C@@H](c1ccccc1F)c1cn(Cc2ccc(F)cc2)c2ccccc12)NCc1ccco1. The first-order chi connectivity index (χ1) is 17.1. The molecule has 0 fully saturated rings. The number of halogens is 2. The van der Waals surface area contributed by atoms with Crippen LogP contribution in [0, 0.1) is 11.6 Å². The minimum absolute atomic E-state index is 0.0756. The van der Waals surface area contributed by atoms with Gasteiger partial charge in [0.05, 0.1) is 12.8 Å². The number of furan rings is 1. The maximum absolute atomic E-state index is 15.0. The summed E-state index contributed by atoms with van der Waals surface area (Å²) in [5.74, 6) is -0.687. The average Bonchev–Trinajstić information content (AvgIpc) is 3.52. The number of para-hydroxylation sites is 1. The normalized spacial score (nSPS) is 12.1. The lowest BCUT2D eigenvalue weighted by molar-refractivity contribution is -0.121. The van der Waals surface area contributed by atoms with E-state index in [0.29, 0.717) is 17.9 Å². The number of carbonyl (C=O) groups excluding carboxylic acids is 1. The van der Waals surface area contributed by atoms with Crippen LogP contribution in [0.25, 0.3) is 10.9 Å². The quantitative estimate of drug-likeness (QED) is 0.285. The van der Waals surface area contributed by atoms with Crippen LogP contribution in [0.1, 0.15) is 34.8 Å². The number of rotatable bonds is 8.